The molecule has 4 rings (SSSR count). The maximum atomic E-state index is 3.69. The van der Waals surface area contributed by atoms with E-state index in [4.69, 9.17) is 0 Å². The maximum absolute atomic E-state index is 3.69. The number of hydrogen-bond acceptors (Lipinski definition) is 0. The van der Waals surface area contributed by atoms with Gasteiger partial charge in [-0.05, 0) is 52.8 Å². The predicted molar refractivity (Wildman–Crippen MR) is 93.6 cm³/mol. The highest BCUT2D eigenvalue weighted by atomic mass is 14.3. The Kier molecular flexibility index (Phi) is 3.52. The lowest BCUT2D eigenvalue weighted by atomic mass is 9.78. The summed E-state index contributed by atoms with van der Waals surface area (Å²) in [5, 5.41) is 2.65. The zero-order valence-electron chi connectivity index (χ0n) is 12.6. The van der Waals surface area contributed by atoms with E-state index in [0.717, 1.165) is 6.42 Å². The molecule has 0 aromatic heterocycles. The Balaban J connectivity index is 1.87. The Morgan fingerprint density at radius 3 is 2.45 bits per heavy atom. The monoisotopic (exact) mass is 283 g/mol. The minimum absolute atomic E-state index is 0.473. The smallest absolute Gasteiger partial charge is 0.00984 e. The van der Waals surface area contributed by atoms with Crippen LogP contribution in [0.3, 0.4) is 0 Å². The van der Waals surface area contributed by atoms with Gasteiger partial charge in [0, 0.05) is 5.92 Å². The van der Waals surface area contributed by atoms with Gasteiger partial charge in [0.1, 0.15) is 0 Å². The summed E-state index contributed by atoms with van der Waals surface area (Å²) in [6.07, 6.45) is 7.21. The van der Waals surface area contributed by atoms with Crippen LogP contribution in [-0.4, -0.2) is 0 Å². The van der Waals surface area contributed by atoms with Crippen molar-refractivity contribution < 1.29 is 0 Å². The minimum atomic E-state index is 0.473. The summed E-state index contributed by atoms with van der Waals surface area (Å²) in [5.41, 5.74) is 4.15. The van der Waals surface area contributed by atoms with E-state index in [1.165, 1.54) is 40.3 Å². The fraction of sp³-hybridized carbons (Fsp3) is 0.182. The van der Waals surface area contributed by atoms with Gasteiger partial charge in [0.15, 0.2) is 0 Å². The zero-order valence-corrected chi connectivity index (χ0v) is 12.6. The molecule has 0 saturated heterocycles. The molecule has 107 valence electrons. The number of fused-ring (bicyclic) bond motifs is 1. The third-order valence-corrected chi connectivity index (χ3v) is 4.62. The second-order valence-electron chi connectivity index (χ2n) is 5.97. The second-order valence-corrected chi connectivity index (χ2v) is 5.97. The Morgan fingerprint density at radius 2 is 1.55 bits per heavy atom. The minimum Gasteiger partial charge on any atom is -0.0622 e. The molecule has 0 amide bonds. The molecule has 0 heteroatoms. The van der Waals surface area contributed by atoms with Gasteiger partial charge in [0.25, 0.3) is 0 Å². The molecule has 0 heterocycles. The molecule has 0 N–H and O–H groups in total. The van der Waals surface area contributed by atoms with Crippen molar-refractivity contribution in [2.45, 2.75) is 25.2 Å². The van der Waals surface area contributed by atoms with Gasteiger partial charge in [-0.2, -0.15) is 0 Å². The first-order valence-electron chi connectivity index (χ1n) is 8.07. The van der Waals surface area contributed by atoms with Crippen LogP contribution < -0.4 is 0 Å². The fourth-order valence-corrected chi connectivity index (χ4v) is 3.56. The number of benzene rings is 3. The highest BCUT2D eigenvalue weighted by Gasteiger charge is 2.22. The van der Waals surface area contributed by atoms with E-state index >= 15 is 0 Å². The number of hydrogen-bond donors (Lipinski definition) is 0. The highest BCUT2D eigenvalue weighted by molar-refractivity contribution is 5.94. The van der Waals surface area contributed by atoms with Crippen LogP contribution in [0.2, 0.25) is 0 Å². The summed E-state index contributed by atoms with van der Waals surface area (Å²) < 4.78 is 0. The Hall–Kier alpha value is -2.34. The molecule has 0 spiro atoms. The molecule has 1 radical (unpaired) electrons. The van der Waals surface area contributed by atoms with Crippen LogP contribution in [0.1, 0.15) is 36.3 Å². The topological polar surface area (TPSA) is 0 Å². The van der Waals surface area contributed by atoms with E-state index in [-0.39, 0.29) is 0 Å². The molecule has 0 aliphatic heterocycles. The van der Waals surface area contributed by atoms with E-state index in [1.54, 1.807) is 0 Å². The molecule has 3 aromatic carbocycles. The SMILES string of the molecule is [C]1=C(c2cccc3ccccc23)C(c2ccccc2)CCC1. The van der Waals surface area contributed by atoms with E-state index in [2.05, 4.69) is 78.9 Å². The third kappa shape index (κ3) is 2.35. The van der Waals surface area contributed by atoms with Crippen molar-refractivity contribution in [1.82, 2.24) is 0 Å². The molecule has 1 unspecified atom stereocenters. The molecule has 0 nitrogen and oxygen atoms in total. The summed E-state index contributed by atoms with van der Waals surface area (Å²) in [6.45, 7) is 0. The van der Waals surface area contributed by atoms with Gasteiger partial charge >= 0.3 is 0 Å². The van der Waals surface area contributed by atoms with Gasteiger partial charge in [-0.3, -0.25) is 0 Å². The van der Waals surface area contributed by atoms with Gasteiger partial charge in [-0.1, -0.05) is 72.8 Å². The first kappa shape index (κ1) is 13.3. The van der Waals surface area contributed by atoms with Gasteiger partial charge in [0.05, 0.1) is 0 Å². The first-order valence-corrected chi connectivity index (χ1v) is 8.07. The molecular formula is C22H19. The molecule has 1 aliphatic rings. The molecule has 1 atom stereocenters. The van der Waals surface area contributed by atoms with Crippen LogP contribution in [-0.2, 0) is 0 Å². The van der Waals surface area contributed by atoms with Crippen molar-refractivity contribution in [2.24, 2.45) is 0 Å². The van der Waals surface area contributed by atoms with Crippen LogP contribution in [0.25, 0.3) is 16.3 Å². The quantitative estimate of drug-likeness (QED) is 0.541. The first-order chi connectivity index (χ1) is 10.9. The Morgan fingerprint density at radius 1 is 0.773 bits per heavy atom. The van der Waals surface area contributed by atoms with Crippen LogP contribution in [0, 0.1) is 6.08 Å². The third-order valence-electron chi connectivity index (χ3n) is 4.62. The van der Waals surface area contributed by atoms with E-state index < -0.39 is 0 Å². The molecule has 0 fully saturated rings. The summed E-state index contributed by atoms with van der Waals surface area (Å²) >= 11 is 0. The lowest BCUT2D eigenvalue weighted by molar-refractivity contribution is 0.660. The van der Waals surface area contributed by atoms with Gasteiger partial charge in [-0.25, -0.2) is 0 Å². The Bertz CT molecular complexity index is 806. The maximum Gasteiger partial charge on any atom is 0.00984 e. The lowest BCUT2D eigenvalue weighted by Crippen LogP contribution is -2.07. The fourth-order valence-electron chi connectivity index (χ4n) is 3.56. The molecule has 3 aromatic rings. The summed E-state index contributed by atoms with van der Waals surface area (Å²) in [4.78, 5) is 0. The van der Waals surface area contributed by atoms with Gasteiger partial charge < -0.3 is 0 Å². The predicted octanol–water partition coefficient (Wildman–Crippen LogP) is 5.99. The van der Waals surface area contributed by atoms with Crippen molar-refractivity contribution in [3.63, 3.8) is 0 Å². The Labute approximate surface area is 132 Å². The van der Waals surface area contributed by atoms with Crippen molar-refractivity contribution in [1.29, 1.82) is 0 Å². The summed E-state index contributed by atoms with van der Waals surface area (Å²) in [6, 6.07) is 26.2. The van der Waals surface area contributed by atoms with Gasteiger partial charge in [0.2, 0.25) is 0 Å². The van der Waals surface area contributed by atoms with E-state index in [9.17, 15) is 0 Å². The second kappa shape index (κ2) is 5.81. The van der Waals surface area contributed by atoms with E-state index in [0.29, 0.717) is 5.92 Å². The van der Waals surface area contributed by atoms with Gasteiger partial charge in [-0.15, -0.1) is 0 Å². The van der Waals surface area contributed by atoms with Crippen LogP contribution in [0.15, 0.2) is 72.8 Å². The molecule has 0 saturated carbocycles. The van der Waals surface area contributed by atoms with E-state index in [1.807, 2.05) is 0 Å². The number of rotatable bonds is 2. The summed E-state index contributed by atoms with van der Waals surface area (Å²) in [5.74, 6) is 0.473. The largest absolute Gasteiger partial charge is 0.0622 e. The van der Waals surface area contributed by atoms with Crippen molar-refractivity contribution >= 4 is 16.3 Å². The van der Waals surface area contributed by atoms with Crippen LogP contribution >= 0.6 is 0 Å². The number of allylic oxidation sites excluding steroid dienone is 2. The molecule has 22 heavy (non-hydrogen) atoms. The zero-order chi connectivity index (χ0) is 14.8. The molecular weight excluding hydrogens is 264 g/mol. The standard InChI is InChI=1S/C22H19/c1-2-9-17(10-3-1)19-14-6-7-15-21(19)22-16-8-12-18-11-4-5-13-20(18)22/h1-5,8-13,16,19H,6-7,14H2. The van der Waals surface area contributed by atoms with Crippen LogP contribution in [0.4, 0.5) is 0 Å². The van der Waals surface area contributed by atoms with Crippen molar-refractivity contribution in [2.75, 3.05) is 0 Å². The average Bonchev–Trinajstić information content (AvgIpc) is 2.62. The van der Waals surface area contributed by atoms with Crippen molar-refractivity contribution in [3.05, 3.63) is 90.0 Å². The van der Waals surface area contributed by atoms with Crippen molar-refractivity contribution in [3.8, 4) is 0 Å². The van der Waals surface area contributed by atoms with Crippen LogP contribution in [0.5, 0.6) is 0 Å². The summed E-state index contributed by atoms with van der Waals surface area (Å²) in [7, 11) is 0. The average molecular weight is 283 g/mol. The lowest BCUT2D eigenvalue weighted by Gasteiger charge is -2.25. The molecule has 0 bridgehead atoms. The normalized spacial score (nSPS) is 18.2. The highest BCUT2D eigenvalue weighted by Crippen LogP contribution is 2.41. The molecule has 1 aliphatic carbocycles.